The number of carbonyl (C=O) groups is 2. The minimum absolute atomic E-state index is 0.0955. The van der Waals surface area contributed by atoms with Gasteiger partial charge in [-0.3, -0.25) is 9.59 Å². The molecule has 1 aliphatic rings. The summed E-state index contributed by atoms with van der Waals surface area (Å²) >= 11 is 6.05. The first-order chi connectivity index (χ1) is 16.5. The van der Waals surface area contributed by atoms with Crippen LogP contribution in [0.2, 0.25) is 5.02 Å². The van der Waals surface area contributed by atoms with Gasteiger partial charge in [0.2, 0.25) is 5.91 Å². The molecule has 0 spiro atoms. The molecule has 3 aromatic carbocycles. The average molecular weight is 479 g/mol. The Bertz CT molecular complexity index is 1120. The van der Waals surface area contributed by atoms with Crippen LogP contribution in [0.3, 0.4) is 0 Å². The summed E-state index contributed by atoms with van der Waals surface area (Å²) in [6.45, 7) is 2.10. The summed E-state index contributed by atoms with van der Waals surface area (Å²) in [7, 11) is 0. The number of carbonyl (C=O) groups excluding carboxylic acids is 2. The fourth-order valence-electron chi connectivity index (χ4n) is 4.62. The Labute approximate surface area is 206 Å². The molecule has 1 aliphatic carbocycles. The number of nitrogens with zero attached hydrogens (tertiary/aromatic N) is 1. The zero-order valence-corrected chi connectivity index (χ0v) is 20.3. The lowest BCUT2D eigenvalue weighted by Crippen LogP contribution is -2.52. The largest absolute Gasteiger partial charge is 0.483 e. The Hall–Kier alpha value is -3.05. The second kappa shape index (κ2) is 11.4. The first-order valence-corrected chi connectivity index (χ1v) is 12.4. The summed E-state index contributed by atoms with van der Waals surface area (Å²) < 4.78 is 5.98. The molecule has 1 N–H and O–H groups in total. The lowest BCUT2D eigenvalue weighted by atomic mass is 10.1. The van der Waals surface area contributed by atoms with E-state index in [1.165, 1.54) is 0 Å². The fourth-order valence-corrected chi connectivity index (χ4v) is 4.74. The van der Waals surface area contributed by atoms with Gasteiger partial charge in [0.05, 0.1) is 0 Å². The van der Waals surface area contributed by atoms with Crippen LogP contribution >= 0.6 is 11.6 Å². The van der Waals surface area contributed by atoms with E-state index in [9.17, 15) is 9.59 Å². The molecule has 0 heterocycles. The van der Waals surface area contributed by atoms with Crippen molar-refractivity contribution < 1.29 is 14.3 Å². The molecule has 0 bridgehead atoms. The molecule has 0 aliphatic heterocycles. The summed E-state index contributed by atoms with van der Waals surface area (Å²) in [6, 6.07) is 20.7. The van der Waals surface area contributed by atoms with Crippen LogP contribution in [-0.4, -0.2) is 35.4 Å². The predicted octanol–water partition coefficient (Wildman–Crippen LogP) is 5.74. The van der Waals surface area contributed by atoms with Gasteiger partial charge in [0.25, 0.3) is 5.91 Å². The van der Waals surface area contributed by atoms with Crippen molar-refractivity contribution in [2.24, 2.45) is 0 Å². The number of hydrogen-bond donors (Lipinski definition) is 1. The number of benzene rings is 3. The molecule has 0 aromatic heterocycles. The summed E-state index contributed by atoms with van der Waals surface area (Å²) in [5, 5.41) is 5.80. The summed E-state index contributed by atoms with van der Waals surface area (Å²) in [5.74, 6) is 0.333. The van der Waals surface area contributed by atoms with Gasteiger partial charge in [-0.1, -0.05) is 79.9 Å². The van der Waals surface area contributed by atoms with Crippen LogP contribution in [0.25, 0.3) is 10.8 Å². The monoisotopic (exact) mass is 478 g/mol. The van der Waals surface area contributed by atoms with Gasteiger partial charge in [0, 0.05) is 23.0 Å². The van der Waals surface area contributed by atoms with E-state index >= 15 is 0 Å². The van der Waals surface area contributed by atoms with E-state index in [0.717, 1.165) is 42.0 Å². The number of nitrogens with one attached hydrogen (secondary N) is 1. The third-order valence-corrected chi connectivity index (χ3v) is 6.71. The molecule has 0 unspecified atom stereocenters. The van der Waals surface area contributed by atoms with Crippen LogP contribution in [0.5, 0.6) is 5.75 Å². The summed E-state index contributed by atoms with van der Waals surface area (Å²) in [6.07, 6.45) is 4.78. The Morgan fingerprint density at radius 3 is 2.47 bits per heavy atom. The standard InChI is InChI=1S/C28H31ClN2O3/c1-2-25(28(33)30-23-10-4-5-11-23)31(18-20-14-16-22(29)17-15-20)27(32)19-34-26-13-7-9-21-8-3-6-12-24(21)26/h3,6-9,12-17,23,25H,2,4-5,10-11,18-19H2,1H3,(H,30,33)/t25-/m0/s1. The Kier molecular flexibility index (Phi) is 8.07. The van der Waals surface area contributed by atoms with Crippen LogP contribution < -0.4 is 10.1 Å². The van der Waals surface area contributed by atoms with Crippen molar-refractivity contribution in [3.63, 3.8) is 0 Å². The molecule has 0 saturated heterocycles. The van der Waals surface area contributed by atoms with Crippen LogP contribution in [-0.2, 0) is 16.1 Å². The summed E-state index contributed by atoms with van der Waals surface area (Å²) in [4.78, 5) is 28.3. The smallest absolute Gasteiger partial charge is 0.261 e. The molecule has 3 aromatic rings. The van der Waals surface area contributed by atoms with Gasteiger partial charge in [0.15, 0.2) is 6.61 Å². The number of fused-ring (bicyclic) bond motifs is 1. The number of amides is 2. The lowest BCUT2D eigenvalue weighted by Gasteiger charge is -2.31. The third kappa shape index (κ3) is 5.89. The zero-order chi connectivity index (χ0) is 23.9. The highest BCUT2D eigenvalue weighted by Gasteiger charge is 2.31. The molecule has 0 radical (unpaired) electrons. The van der Waals surface area contributed by atoms with Gasteiger partial charge < -0.3 is 15.0 Å². The Morgan fingerprint density at radius 1 is 1.03 bits per heavy atom. The van der Waals surface area contributed by atoms with Crippen LogP contribution in [0.4, 0.5) is 0 Å². The van der Waals surface area contributed by atoms with Crippen molar-refractivity contribution in [3.05, 3.63) is 77.3 Å². The molecule has 1 atom stereocenters. The van der Waals surface area contributed by atoms with Crippen LogP contribution in [0.15, 0.2) is 66.7 Å². The second-order valence-corrected chi connectivity index (χ2v) is 9.26. The van der Waals surface area contributed by atoms with Crippen molar-refractivity contribution in [1.29, 1.82) is 0 Å². The predicted molar refractivity (Wildman–Crippen MR) is 136 cm³/mol. The maximum atomic E-state index is 13.5. The molecule has 178 valence electrons. The molecule has 4 rings (SSSR count). The maximum absolute atomic E-state index is 13.5. The van der Waals surface area contributed by atoms with Crippen molar-refractivity contribution in [3.8, 4) is 5.75 Å². The SMILES string of the molecule is CC[C@@H](C(=O)NC1CCCC1)N(Cc1ccc(Cl)cc1)C(=O)COc1cccc2ccccc12. The van der Waals surface area contributed by atoms with E-state index < -0.39 is 6.04 Å². The molecule has 1 saturated carbocycles. The van der Waals surface area contributed by atoms with Crippen molar-refractivity contribution >= 4 is 34.2 Å². The normalized spacial score (nSPS) is 14.6. The van der Waals surface area contributed by atoms with E-state index in [4.69, 9.17) is 16.3 Å². The Balaban J connectivity index is 1.53. The van der Waals surface area contributed by atoms with E-state index in [0.29, 0.717) is 23.7 Å². The highest BCUT2D eigenvalue weighted by molar-refractivity contribution is 6.30. The molecular weight excluding hydrogens is 448 g/mol. The van der Waals surface area contributed by atoms with Gasteiger partial charge >= 0.3 is 0 Å². The first-order valence-electron chi connectivity index (χ1n) is 12.0. The van der Waals surface area contributed by atoms with E-state index in [1.807, 2.05) is 61.5 Å². The average Bonchev–Trinajstić information content (AvgIpc) is 3.36. The molecule has 2 amide bonds. The second-order valence-electron chi connectivity index (χ2n) is 8.83. The van der Waals surface area contributed by atoms with Gasteiger partial charge in [-0.25, -0.2) is 0 Å². The number of rotatable bonds is 9. The van der Waals surface area contributed by atoms with Crippen molar-refractivity contribution in [2.75, 3.05) is 6.61 Å². The van der Waals surface area contributed by atoms with Crippen molar-refractivity contribution in [1.82, 2.24) is 10.2 Å². The molecule has 6 heteroatoms. The van der Waals surface area contributed by atoms with Gasteiger partial charge in [-0.15, -0.1) is 0 Å². The minimum Gasteiger partial charge on any atom is -0.483 e. The van der Waals surface area contributed by atoms with Gasteiger partial charge in [0.1, 0.15) is 11.8 Å². The number of halogens is 1. The zero-order valence-electron chi connectivity index (χ0n) is 19.5. The highest BCUT2D eigenvalue weighted by Crippen LogP contribution is 2.25. The summed E-state index contributed by atoms with van der Waals surface area (Å²) in [5.41, 5.74) is 0.912. The molecule has 1 fully saturated rings. The van der Waals surface area contributed by atoms with E-state index in [-0.39, 0.29) is 24.5 Å². The van der Waals surface area contributed by atoms with Crippen LogP contribution in [0, 0.1) is 0 Å². The van der Waals surface area contributed by atoms with E-state index in [1.54, 1.807) is 17.0 Å². The van der Waals surface area contributed by atoms with E-state index in [2.05, 4.69) is 5.32 Å². The quantitative estimate of drug-likeness (QED) is 0.426. The molecule has 5 nitrogen and oxygen atoms in total. The molecular formula is C28H31ClN2O3. The van der Waals surface area contributed by atoms with Crippen LogP contribution in [0.1, 0.15) is 44.6 Å². The lowest BCUT2D eigenvalue weighted by molar-refractivity contribution is -0.143. The highest BCUT2D eigenvalue weighted by atomic mass is 35.5. The number of ether oxygens (including phenoxy) is 1. The van der Waals surface area contributed by atoms with Gasteiger partial charge in [-0.05, 0) is 48.4 Å². The third-order valence-electron chi connectivity index (χ3n) is 6.45. The molecule has 34 heavy (non-hydrogen) atoms. The minimum atomic E-state index is -0.570. The van der Waals surface area contributed by atoms with Gasteiger partial charge in [-0.2, -0.15) is 0 Å². The van der Waals surface area contributed by atoms with Crippen molar-refractivity contribution in [2.45, 2.75) is 57.7 Å². The fraction of sp³-hybridized carbons (Fsp3) is 0.357. The Morgan fingerprint density at radius 2 is 1.74 bits per heavy atom. The topological polar surface area (TPSA) is 58.6 Å². The first kappa shape index (κ1) is 24.1. The maximum Gasteiger partial charge on any atom is 0.261 e. The number of hydrogen-bond acceptors (Lipinski definition) is 3.